The molecule has 0 aliphatic heterocycles. The molecule has 0 unspecified atom stereocenters. The summed E-state index contributed by atoms with van der Waals surface area (Å²) in [4.78, 5) is 0. The van der Waals surface area contributed by atoms with Crippen LogP contribution in [0.3, 0.4) is 0 Å². The van der Waals surface area contributed by atoms with Crippen LogP contribution < -0.4 is 5.73 Å². The van der Waals surface area contributed by atoms with Crippen molar-refractivity contribution >= 4 is 11.0 Å². The molecule has 0 saturated heterocycles. The van der Waals surface area contributed by atoms with Crippen LogP contribution in [-0.4, -0.2) is 21.5 Å². The Balaban J connectivity index is 2.51. The fourth-order valence-electron chi connectivity index (χ4n) is 1.60. The molecule has 2 N–H and O–H groups in total. The summed E-state index contributed by atoms with van der Waals surface area (Å²) >= 11 is 0. The molecule has 1 heterocycles. The molecule has 1 atom stereocenters. The van der Waals surface area contributed by atoms with Gasteiger partial charge in [0.1, 0.15) is 5.52 Å². The molecule has 0 aliphatic rings. The van der Waals surface area contributed by atoms with Crippen molar-refractivity contribution in [1.29, 1.82) is 0 Å². The van der Waals surface area contributed by atoms with Crippen LogP contribution in [-0.2, 0) is 0 Å². The number of rotatable bonds is 3. The van der Waals surface area contributed by atoms with Gasteiger partial charge in [0, 0.05) is 6.54 Å². The lowest BCUT2D eigenvalue weighted by molar-refractivity contribution is 0.451. The summed E-state index contributed by atoms with van der Waals surface area (Å²) in [5.41, 5.74) is 7.67. The predicted molar refractivity (Wildman–Crippen MR) is 55.9 cm³/mol. The molecule has 4 nitrogen and oxygen atoms in total. The van der Waals surface area contributed by atoms with E-state index in [1.54, 1.807) is 0 Å². The minimum atomic E-state index is 0.252. The van der Waals surface area contributed by atoms with E-state index in [0.29, 0.717) is 6.54 Å². The molecule has 2 rings (SSSR count). The van der Waals surface area contributed by atoms with E-state index in [-0.39, 0.29) is 6.04 Å². The van der Waals surface area contributed by atoms with Gasteiger partial charge in [0.05, 0.1) is 11.6 Å². The summed E-state index contributed by atoms with van der Waals surface area (Å²) in [5.74, 6) is 0. The maximum absolute atomic E-state index is 5.68. The molecule has 0 radical (unpaired) electrons. The Hall–Kier alpha value is -1.42. The first-order valence-corrected chi connectivity index (χ1v) is 4.86. The number of nitrogens with two attached hydrogens (primary N) is 1. The van der Waals surface area contributed by atoms with Crippen molar-refractivity contribution in [3.05, 3.63) is 24.3 Å². The van der Waals surface area contributed by atoms with Gasteiger partial charge < -0.3 is 5.73 Å². The van der Waals surface area contributed by atoms with Crippen molar-refractivity contribution in [2.45, 2.75) is 19.4 Å². The zero-order valence-electron chi connectivity index (χ0n) is 8.22. The Bertz CT molecular complexity index is 417. The normalized spacial score (nSPS) is 13.3. The van der Waals surface area contributed by atoms with Crippen molar-refractivity contribution in [1.82, 2.24) is 15.0 Å². The molecule has 0 fully saturated rings. The second kappa shape index (κ2) is 3.75. The molecule has 4 heteroatoms. The molecule has 0 bridgehead atoms. The minimum Gasteiger partial charge on any atom is -0.328 e. The third-order valence-corrected chi connectivity index (χ3v) is 2.47. The zero-order valence-corrected chi connectivity index (χ0v) is 8.22. The molecule has 1 aromatic heterocycles. The number of aromatic nitrogens is 3. The largest absolute Gasteiger partial charge is 0.328 e. The summed E-state index contributed by atoms with van der Waals surface area (Å²) in [5, 5.41) is 8.22. The molecule has 74 valence electrons. The Morgan fingerprint density at radius 2 is 2.21 bits per heavy atom. The molecule has 0 spiro atoms. The Kier molecular flexibility index (Phi) is 2.45. The van der Waals surface area contributed by atoms with E-state index in [1.807, 2.05) is 28.9 Å². The van der Waals surface area contributed by atoms with Crippen LogP contribution in [0.4, 0.5) is 0 Å². The summed E-state index contributed by atoms with van der Waals surface area (Å²) in [6.45, 7) is 2.71. The molecule has 1 aromatic carbocycles. The highest BCUT2D eigenvalue weighted by Crippen LogP contribution is 2.16. The highest BCUT2D eigenvalue weighted by atomic mass is 15.4. The molecule has 0 amide bonds. The number of para-hydroxylation sites is 1. The van der Waals surface area contributed by atoms with Crippen LogP contribution in [0.1, 0.15) is 19.4 Å². The average molecular weight is 190 g/mol. The number of hydrogen-bond donors (Lipinski definition) is 1. The predicted octanol–water partition coefficient (Wildman–Crippen LogP) is 1.34. The second-order valence-corrected chi connectivity index (χ2v) is 3.32. The van der Waals surface area contributed by atoms with Gasteiger partial charge in [0.2, 0.25) is 0 Å². The lowest BCUT2D eigenvalue weighted by Crippen LogP contribution is -2.19. The number of fused-ring (bicyclic) bond motifs is 1. The highest BCUT2D eigenvalue weighted by Gasteiger charge is 2.11. The number of nitrogens with zero attached hydrogens (tertiary/aromatic N) is 3. The zero-order chi connectivity index (χ0) is 9.97. The van der Waals surface area contributed by atoms with Gasteiger partial charge in [-0.25, -0.2) is 4.68 Å². The van der Waals surface area contributed by atoms with E-state index >= 15 is 0 Å². The van der Waals surface area contributed by atoms with Crippen molar-refractivity contribution in [3.8, 4) is 0 Å². The lowest BCUT2D eigenvalue weighted by atomic mass is 10.2. The molecule has 14 heavy (non-hydrogen) atoms. The monoisotopic (exact) mass is 190 g/mol. The first-order chi connectivity index (χ1) is 6.86. The first-order valence-electron chi connectivity index (χ1n) is 4.86. The fourth-order valence-corrected chi connectivity index (χ4v) is 1.60. The van der Waals surface area contributed by atoms with E-state index < -0.39 is 0 Å². The molecular weight excluding hydrogens is 176 g/mol. The third-order valence-electron chi connectivity index (χ3n) is 2.47. The summed E-state index contributed by atoms with van der Waals surface area (Å²) in [6, 6.07) is 8.19. The van der Waals surface area contributed by atoms with E-state index in [2.05, 4.69) is 17.2 Å². The van der Waals surface area contributed by atoms with Crippen molar-refractivity contribution < 1.29 is 0 Å². The Morgan fingerprint density at radius 3 is 2.93 bits per heavy atom. The van der Waals surface area contributed by atoms with Gasteiger partial charge in [-0.05, 0) is 18.6 Å². The molecule has 0 aliphatic carbocycles. The van der Waals surface area contributed by atoms with Gasteiger partial charge in [-0.2, -0.15) is 0 Å². The quantitative estimate of drug-likeness (QED) is 0.794. The standard InChI is InChI=1S/C10H14N4/c1-2-8(7-11)14-10-6-4-3-5-9(10)12-13-14/h3-6,8H,2,7,11H2,1H3/t8-/m0/s1. The van der Waals surface area contributed by atoms with Crippen LogP contribution >= 0.6 is 0 Å². The van der Waals surface area contributed by atoms with E-state index in [1.165, 1.54) is 0 Å². The number of benzene rings is 1. The molecule has 2 aromatic rings. The van der Waals surface area contributed by atoms with Gasteiger partial charge in [-0.1, -0.05) is 24.3 Å². The lowest BCUT2D eigenvalue weighted by Gasteiger charge is -2.12. The number of hydrogen-bond acceptors (Lipinski definition) is 3. The highest BCUT2D eigenvalue weighted by molar-refractivity contribution is 5.73. The summed E-state index contributed by atoms with van der Waals surface area (Å²) in [7, 11) is 0. The van der Waals surface area contributed by atoms with Gasteiger partial charge in [0.15, 0.2) is 0 Å². The van der Waals surface area contributed by atoms with Crippen molar-refractivity contribution in [2.75, 3.05) is 6.54 Å². The van der Waals surface area contributed by atoms with E-state index in [0.717, 1.165) is 17.5 Å². The van der Waals surface area contributed by atoms with Crippen LogP contribution in [0.15, 0.2) is 24.3 Å². The Morgan fingerprint density at radius 1 is 1.43 bits per heavy atom. The average Bonchev–Trinajstić information content (AvgIpc) is 2.65. The molecular formula is C10H14N4. The van der Waals surface area contributed by atoms with Crippen molar-refractivity contribution in [2.24, 2.45) is 5.73 Å². The van der Waals surface area contributed by atoms with Crippen LogP contribution in [0.2, 0.25) is 0 Å². The minimum absolute atomic E-state index is 0.252. The maximum atomic E-state index is 5.68. The van der Waals surface area contributed by atoms with Crippen LogP contribution in [0, 0.1) is 0 Å². The SMILES string of the molecule is CC[C@@H](CN)n1nnc2ccccc21. The topological polar surface area (TPSA) is 56.7 Å². The maximum Gasteiger partial charge on any atom is 0.113 e. The molecule has 0 saturated carbocycles. The third kappa shape index (κ3) is 1.37. The van der Waals surface area contributed by atoms with Crippen LogP contribution in [0.5, 0.6) is 0 Å². The van der Waals surface area contributed by atoms with Gasteiger partial charge in [-0.15, -0.1) is 5.10 Å². The van der Waals surface area contributed by atoms with Gasteiger partial charge in [0.25, 0.3) is 0 Å². The second-order valence-electron chi connectivity index (χ2n) is 3.32. The summed E-state index contributed by atoms with van der Waals surface area (Å²) < 4.78 is 1.91. The van der Waals surface area contributed by atoms with E-state index in [4.69, 9.17) is 5.73 Å². The fraction of sp³-hybridized carbons (Fsp3) is 0.400. The van der Waals surface area contributed by atoms with Gasteiger partial charge >= 0.3 is 0 Å². The van der Waals surface area contributed by atoms with Crippen LogP contribution in [0.25, 0.3) is 11.0 Å². The smallest absolute Gasteiger partial charge is 0.113 e. The first kappa shape index (κ1) is 9.15. The summed E-state index contributed by atoms with van der Waals surface area (Å²) in [6.07, 6.45) is 0.976. The van der Waals surface area contributed by atoms with Gasteiger partial charge in [-0.3, -0.25) is 0 Å². The Labute approximate surface area is 82.7 Å². The van der Waals surface area contributed by atoms with Crippen molar-refractivity contribution in [3.63, 3.8) is 0 Å². The van der Waals surface area contributed by atoms with E-state index in [9.17, 15) is 0 Å².